The Hall–Kier alpha value is -2.79. The zero-order chi connectivity index (χ0) is 18.7. The van der Waals surface area contributed by atoms with Crippen LogP contribution in [0.25, 0.3) is 0 Å². The SMILES string of the molecule is COc1ccc(Cl)cc1Nc1nc(C)cc(Nc2cc(C)ccc2C)n1. The van der Waals surface area contributed by atoms with Crippen molar-refractivity contribution >= 4 is 34.7 Å². The van der Waals surface area contributed by atoms with Crippen molar-refractivity contribution in [2.45, 2.75) is 20.8 Å². The molecule has 2 aromatic carbocycles. The normalized spacial score (nSPS) is 10.5. The maximum absolute atomic E-state index is 6.09. The van der Waals surface area contributed by atoms with Crippen molar-refractivity contribution in [2.75, 3.05) is 17.7 Å². The number of methoxy groups -OCH3 is 1. The molecular formula is C20H21ClN4O. The topological polar surface area (TPSA) is 59.1 Å². The zero-order valence-electron chi connectivity index (χ0n) is 15.2. The third kappa shape index (κ3) is 4.24. The minimum Gasteiger partial charge on any atom is -0.495 e. The highest BCUT2D eigenvalue weighted by Crippen LogP contribution is 2.30. The monoisotopic (exact) mass is 368 g/mol. The number of ether oxygens (including phenoxy) is 1. The lowest BCUT2D eigenvalue weighted by molar-refractivity contribution is 0.417. The van der Waals surface area contributed by atoms with E-state index < -0.39 is 0 Å². The van der Waals surface area contributed by atoms with E-state index in [9.17, 15) is 0 Å². The number of aromatic nitrogens is 2. The van der Waals surface area contributed by atoms with Crippen LogP contribution in [0.2, 0.25) is 5.02 Å². The second-order valence-electron chi connectivity index (χ2n) is 6.13. The summed E-state index contributed by atoms with van der Waals surface area (Å²) in [6.07, 6.45) is 0. The summed E-state index contributed by atoms with van der Waals surface area (Å²) in [5.74, 6) is 1.86. The van der Waals surface area contributed by atoms with Gasteiger partial charge in [-0.1, -0.05) is 23.7 Å². The highest BCUT2D eigenvalue weighted by molar-refractivity contribution is 6.31. The zero-order valence-corrected chi connectivity index (χ0v) is 16.0. The summed E-state index contributed by atoms with van der Waals surface area (Å²) >= 11 is 6.09. The molecule has 6 heteroatoms. The minimum absolute atomic E-state index is 0.471. The van der Waals surface area contributed by atoms with Crippen molar-refractivity contribution in [2.24, 2.45) is 0 Å². The Labute approximate surface area is 158 Å². The third-order valence-corrected chi connectivity index (χ3v) is 4.15. The van der Waals surface area contributed by atoms with Gasteiger partial charge in [0.15, 0.2) is 0 Å². The average molecular weight is 369 g/mol. The molecule has 2 N–H and O–H groups in total. The molecule has 0 aliphatic rings. The van der Waals surface area contributed by atoms with Gasteiger partial charge in [-0.25, -0.2) is 4.98 Å². The minimum atomic E-state index is 0.471. The van der Waals surface area contributed by atoms with Gasteiger partial charge in [0.25, 0.3) is 0 Å². The number of hydrogen-bond donors (Lipinski definition) is 2. The van der Waals surface area contributed by atoms with Gasteiger partial charge in [-0.3, -0.25) is 0 Å². The number of anilines is 4. The third-order valence-electron chi connectivity index (χ3n) is 3.92. The molecule has 26 heavy (non-hydrogen) atoms. The number of aryl methyl sites for hydroxylation is 3. The van der Waals surface area contributed by atoms with Crippen molar-refractivity contribution < 1.29 is 4.74 Å². The quantitative estimate of drug-likeness (QED) is 0.618. The smallest absolute Gasteiger partial charge is 0.229 e. The van der Waals surface area contributed by atoms with Crippen LogP contribution in [0.5, 0.6) is 5.75 Å². The van der Waals surface area contributed by atoms with Crippen LogP contribution in [0.4, 0.5) is 23.1 Å². The molecule has 0 radical (unpaired) electrons. The maximum atomic E-state index is 6.09. The lowest BCUT2D eigenvalue weighted by Crippen LogP contribution is -2.04. The standard InChI is InChI=1S/C20H21ClN4O/c1-12-5-6-13(2)16(9-12)23-19-10-14(3)22-20(25-19)24-17-11-15(21)7-8-18(17)26-4/h5-11H,1-4H3,(H2,22,23,24,25). The molecule has 1 heterocycles. The van der Waals surface area contributed by atoms with E-state index in [1.54, 1.807) is 25.3 Å². The van der Waals surface area contributed by atoms with Crippen LogP contribution in [-0.4, -0.2) is 17.1 Å². The fourth-order valence-corrected chi connectivity index (χ4v) is 2.77. The molecule has 0 amide bonds. The lowest BCUT2D eigenvalue weighted by Gasteiger charge is -2.14. The summed E-state index contributed by atoms with van der Waals surface area (Å²) in [4.78, 5) is 9.02. The van der Waals surface area contributed by atoms with E-state index in [0.29, 0.717) is 22.4 Å². The average Bonchev–Trinajstić information content (AvgIpc) is 2.58. The summed E-state index contributed by atoms with van der Waals surface area (Å²) in [7, 11) is 1.61. The molecule has 0 atom stereocenters. The molecule has 0 unspecified atom stereocenters. The van der Waals surface area contributed by atoms with Gasteiger partial charge in [-0.15, -0.1) is 0 Å². The summed E-state index contributed by atoms with van der Waals surface area (Å²) < 4.78 is 5.37. The second kappa shape index (κ2) is 7.62. The molecular weight excluding hydrogens is 348 g/mol. The van der Waals surface area contributed by atoms with Crippen LogP contribution in [0.15, 0.2) is 42.5 Å². The molecule has 0 aliphatic carbocycles. The Morgan fingerprint density at radius 2 is 1.69 bits per heavy atom. The van der Waals surface area contributed by atoms with Crippen molar-refractivity contribution in [1.82, 2.24) is 9.97 Å². The number of hydrogen-bond acceptors (Lipinski definition) is 5. The van der Waals surface area contributed by atoms with Gasteiger partial charge in [-0.2, -0.15) is 4.98 Å². The van der Waals surface area contributed by atoms with Crippen LogP contribution in [-0.2, 0) is 0 Å². The molecule has 0 fully saturated rings. The van der Waals surface area contributed by atoms with Gasteiger partial charge in [-0.05, 0) is 56.2 Å². The summed E-state index contributed by atoms with van der Waals surface area (Å²) in [6.45, 7) is 6.05. The number of rotatable bonds is 5. The van der Waals surface area contributed by atoms with Crippen molar-refractivity contribution in [3.8, 4) is 5.75 Å². The Morgan fingerprint density at radius 1 is 0.885 bits per heavy atom. The summed E-state index contributed by atoms with van der Waals surface area (Å²) in [6, 6.07) is 13.5. The Morgan fingerprint density at radius 3 is 2.46 bits per heavy atom. The first kappa shape index (κ1) is 18.0. The van der Waals surface area contributed by atoms with Gasteiger partial charge in [0.2, 0.25) is 5.95 Å². The van der Waals surface area contributed by atoms with Crippen LogP contribution in [0.1, 0.15) is 16.8 Å². The first-order valence-electron chi connectivity index (χ1n) is 8.25. The largest absolute Gasteiger partial charge is 0.495 e. The molecule has 0 aliphatic heterocycles. The van der Waals surface area contributed by atoms with Crippen molar-refractivity contribution in [1.29, 1.82) is 0 Å². The molecule has 3 rings (SSSR count). The highest BCUT2D eigenvalue weighted by Gasteiger charge is 2.09. The summed E-state index contributed by atoms with van der Waals surface area (Å²) in [5, 5.41) is 7.16. The molecule has 0 spiro atoms. The molecule has 0 saturated carbocycles. The van der Waals surface area contributed by atoms with Crippen LogP contribution in [0.3, 0.4) is 0 Å². The van der Waals surface area contributed by atoms with E-state index in [1.165, 1.54) is 5.56 Å². The van der Waals surface area contributed by atoms with Crippen LogP contribution in [0, 0.1) is 20.8 Å². The highest BCUT2D eigenvalue weighted by atomic mass is 35.5. The van der Waals surface area contributed by atoms with E-state index in [2.05, 4.69) is 52.6 Å². The number of nitrogens with one attached hydrogen (secondary N) is 2. The predicted octanol–water partition coefficient (Wildman–Crippen LogP) is 5.55. The first-order chi connectivity index (χ1) is 12.4. The van der Waals surface area contributed by atoms with E-state index in [-0.39, 0.29) is 0 Å². The second-order valence-corrected chi connectivity index (χ2v) is 6.57. The maximum Gasteiger partial charge on any atom is 0.229 e. The molecule has 134 valence electrons. The number of halogens is 1. The van der Waals surface area contributed by atoms with E-state index >= 15 is 0 Å². The molecule has 5 nitrogen and oxygen atoms in total. The molecule has 0 bridgehead atoms. The predicted molar refractivity (Wildman–Crippen MR) is 107 cm³/mol. The molecule has 1 aromatic heterocycles. The van der Waals surface area contributed by atoms with Gasteiger partial charge in [0.05, 0.1) is 12.8 Å². The Kier molecular flexibility index (Phi) is 5.28. The number of nitrogens with zero attached hydrogens (tertiary/aromatic N) is 2. The Bertz CT molecular complexity index is 943. The van der Waals surface area contributed by atoms with Crippen LogP contribution < -0.4 is 15.4 Å². The van der Waals surface area contributed by atoms with Gasteiger partial charge in [0.1, 0.15) is 11.6 Å². The first-order valence-corrected chi connectivity index (χ1v) is 8.63. The van der Waals surface area contributed by atoms with E-state index in [1.807, 2.05) is 13.0 Å². The van der Waals surface area contributed by atoms with E-state index in [4.69, 9.17) is 16.3 Å². The van der Waals surface area contributed by atoms with Gasteiger partial charge >= 0.3 is 0 Å². The molecule has 3 aromatic rings. The van der Waals surface area contributed by atoms with Gasteiger partial charge < -0.3 is 15.4 Å². The fraction of sp³-hybridized carbons (Fsp3) is 0.200. The fourth-order valence-electron chi connectivity index (χ4n) is 2.60. The molecule has 0 saturated heterocycles. The van der Waals surface area contributed by atoms with Gasteiger partial charge in [0, 0.05) is 22.5 Å². The Balaban J connectivity index is 1.91. The van der Waals surface area contributed by atoms with Crippen molar-refractivity contribution in [3.05, 3.63) is 64.3 Å². The van der Waals surface area contributed by atoms with E-state index in [0.717, 1.165) is 22.8 Å². The number of benzene rings is 2. The summed E-state index contributed by atoms with van der Waals surface area (Å²) in [5.41, 5.74) is 4.91. The van der Waals surface area contributed by atoms with Crippen LogP contribution >= 0.6 is 11.6 Å². The lowest BCUT2D eigenvalue weighted by atomic mass is 10.1. The van der Waals surface area contributed by atoms with Crippen molar-refractivity contribution in [3.63, 3.8) is 0 Å².